The van der Waals surface area contributed by atoms with Crippen LogP contribution in [0, 0.1) is 6.92 Å². The largest absolute Gasteiger partial charge is 0.397 e. The molecule has 0 aromatic heterocycles. The first-order chi connectivity index (χ1) is 6.18. The van der Waals surface area contributed by atoms with E-state index in [0.717, 1.165) is 11.7 Å². The fourth-order valence-corrected chi connectivity index (χ4v) is 1.65. The van der Waals surface area contributed by atoms with Crippen molar-refractivity contribution in [2.24, 2.45) is 0 Å². The number of aryl methyl sites for hydroxylation is 1. The number of anilines is 2. The van der Waals surface area contributed by atoms with Crippen LogP contribution < -0.4 is 10.6 Å². The molecule has 2 N–H and O–H groups in total. The first kappa shape index (κ1) is 8.42. The minimum Gasteiger partial charge on any atom is -0.397 e. The Kier molecular flexibility index (Phi) is 1.91. The molecule has 2 nitrogen and oxygen atoms in total. The quantitative estimate of drug-likeness (QED) is 0.700. The SMILES string of the molecule is Cc1ccc(N(C)C2CC2)c(N)c1. The van der Waals surface area contributed by atoms with Crippen molar-refractivity contribution in [1.82, 2.24) is 0 Å². The van der Waals surface area contributed by atoms with Crippen LogP contribution in [0.3, 0.4) is 0 Å². The molecule has 0 radical (unpaired) electrons. The lowest BCUT2D eigenvalue weighted by Crippen LogP contribution is -2.20. The number of benzene rings is 1. The van der Waals surface area contributed by atoms with Crippen LogP contribution >= 0.6 is 0 Å². The van der Waals surface area contributed by atoms with Crippen LogP contribution in [0.1, 0.15) is 18.4 Å². The van der Waals surface area contributed by atoms with Gasteiger partial charge in [0.25, 0.3) is 0 Å². The number of hydrogen-bond acceptors (Lipinski definition) is 2. The molecule has 13 heavy (non-hydrogen) atoms. The van der Waals surface area contributed by atoms with Gasteiger partial charge in [-0.1, -0.05) is 6.07 Å². The molecule has 1 aliphatic carbocycles. The maximum Gasteiger partial charge on any atom is 0.0600 e. The third-order valence-electron chi connectivity index (χ3n) is 2.66. The number of nitrogens with zero attached hydrogens (tertiary/aromatic N) is 1. The number of rotatable bonds is 2. The molecule has 0 bridgehead atoms. The molecule has 1 aromatic rings. The summed E-state index contributed by atoms with van der Waals surface area (Å²) < 4.78 is 0. The molecule has 0 unspecified atom stereocenters. The highest BCUT2D eigenvalue weighted by molar-refractivity contribution is 5.68. The molecular weight excluding hydrogens is 160 g/mol. The van der Waals surface area contributed by atoms with Crippen LogP contribution in [0.15, 0.2) is 18.2 Å². The predicted molar refractivity (Wildman–Crippen MR) is 57.0 cm³/mol. The average molecular weight is 176 g/mol. The van der Waals surface area contributed by atoms with Crippen molar-refractivity contribution in [3.05, 3.63) is 23.8 Å². The van der Waals surface area contributed by atoms with Crippen molar-refractivity contribution < 1.29 is 0 Å². The van der Waals surface area contributed by atoms with Crippen LogP contribution in [-0.2, 0) is 0 Å². The van der Waals surface area contributed by atoms with E-state index in [9.17, 15) is 0 Å². The third kappa shape index (κ3) is 1.62. The molecule has 0 spiro atoms. The fraction of sp³-hybridized carbons (Fsp3) is 0.455. The summed E-state index contributed by atoms with van der Waals surface area (Å²) in [5.41, 5.74) is 9.25. The van der Waals surface area contributed by atoms with Crippen LogP contribution in [0.25, 0.3) is 0 Å². The van der Waals surface area contributed by atoms with Gasteiger partial charge in [-0.05, 0) is 37.5 Å². The Hall–Kier alpha value is -1.18. The van der Waals surface area contributed by atoms with Crippen molar-refractivity contribution in [2.45, 2.75) is 25.8 Å². The zero-order valence-electron chi connectivity index (χ0n) is 8.25. The summed E-state index contributed by atoms with van der Waals surface area (Å²) in [5.74, 6) is 0. The molecule has 1 saturated carbocycles. The summed E-state index contributed by atoms with van der Waals surface area (Å²) in [5, 5.41) is 0. The van der Waals surface area contributed by atoms with Gasteiger partial charge in [0.1, 0.15) is 0 Å². The number of nitrogen functional groups attached to an aromatic ring is 1. The van der Waals surface area contributed by atoms with Crippen molar-refractivity contribution in [3.63, 3.8) is 0 Å². The Labute approximate surface area is 79.4 Å². The van der Waals surface area contributed by atoms with Crippen molar-refractivity contribution in [2.75, 3.05) is 17.7 Å². The van der Waals surface area contributed by atoms with Gasteiger partial charge in [0.05, 0.1) is 11.4 Å². The van der Waals surface area contributed by atoms with E-state index < -0.39 is 0 Å². The summed E-state index contributed by atoms with van der Waals surface area (Å²) in [6.45, 7) is 2.07. The summed E-state index contributed by atoms with van der Waals surface area (Å²) in [7, 11) is 2.12. The normalized spacial score (nSPS) is 15.8. The smallest absolute Gasteiger partial charge is 0.0600 e. The molecule has 2 rings (SSSR count). The van der Waals surface area contributed by atoms with E-state index in [-0.39, 0.29) is 0 Å². The molecule has 0 heterocycles. The van der Waals surface area contributed by atoms with Gasteiger partial charge in [-0.15, -0.1) is 0 Å². The fourth-order valence-electron chi connectivity index (χ4n) is 1.65. The topological polar surface area (TPSA) is 29.3 Å². The average Bonchev–Trinajstić information content (AvgIpc) is 2.85. The van der Waals surface area contributed by atoms with Gasteiger partial charge in [-0.2, -0.15) is 0 Å². The van der Waals surface area contributed by atoms with E-state index in [1.807, 2.05) is 6.07 Å². The van der Waals surface area contributed by atoms with Gasteiger partial charge < -0.3 is 10.6 Å². The Morgan fingerprint density at radius 3 is 2.62 bits per heavy atom. The first-order valence-corrected chi connectivity index (χ1v) is 4.77. The minimum absolute atomic E-state index is 0.727. The van der Waals surface area contributed by atoms with Gasteiger partial charge in [0.2, 0.25) is 0 Å². The summed E-state index contributed by atoms with van der Waals surface area (Å²) in [4.78, 5) is 2.29. The van der Waals surface area contributed by atoms with E-state index in [0.29, 0.717) is 0 Å². The Morgan fingerprint density at radius 2 is 2.08 bits per heavy atom. The Balaban J connectivity index is 2.28. The Morgan fingerprint density at radius 1 is 1.38 bits per heavy atom. The maximum atomic E-state index is 5.95. The highest BCUT2D eigenvalue weighted by atomic mass is 15.2. The molecule has 0 amide bonds. The second-order valence-electron chi connectivity index (χ2n) is 3.90. The predicted octanol–water partition coefficient (Wildman–Crippen LogP) is 2.18. The molecule has 0 atom stereocenters. The molecule has 2 heteroatoms. The molecule has 0 aliphatic heterocycles. The molecule has 0 saturated heterocycles. The van der Waals surface area contributed by atoms with Crippen molar-refractivity contribution >= 4 is 11.4 Å². The molecule has 70 valence electrons. The molecule has 1 aliphatic rings. The van der Waals surface area contributed by atoms with Crippen molar-refractivity contribution in [1.29, 1.82) is 0 Å². The highest BCUT2D eigenvalue weighted by Crippen LogP contribution is 2.33. The standard InChI is InChI=1S/C11H16N2/c1-8-3-6-11(10(12)7-8)13(2)9-4-5-9/h3,6-7,9H,4-5,12H2,1-2H3. The van der Waals surface area contributed by atoms with E-state index in [2.05, 4.69) is 31.0 Å². The van der Waals surface area contributed by atoms with Gasteiger partial charge in [0, 0.05) is 13.1 Å². The highest BCUT2D eigenvalue weighted by Gasteiger charge is 2.27. The van der Waals surface area contributed by atoms with E-state index in [4.69, 9.17) is 5.73 Å². The van der Waals surface area contributed by atoms with Gasteiger partial charge in [0.15, 0.2) is 0 Å². The second kappa shape index (κ2) is 2.95. The van der Waals surface area contributed by atoms with E-state index in [1.165, 1.54) is 24.1 Å². The van der Waals surface area contributed by atoms with Crippen LogP contribution in [-0.4, -0.2) is 13.1 Å². The lowest BCUT2D eigenvalue weighted by atomic mass is 10.2. The van der Waals surface area contributed by atoms with Gasteiger partial charge >= 0.3 is 0 Å². The first-order valence-electron chi connectivity index (χ1n) is 4.77. The third-order valence-corrected chi connectivity index (χ3v) is 2.66. The molecule has 1 fully saturated rings. The number of nitrogens with two attached hydrogens (primary N) is 1. The van der Waals surface area contributed by atoms with E-state index >= 15 is 0 Å². The molecule has 1 aromatic carbocycles. The zero-order valence-corrected chi connectivity index (χ0v) is 8.25. The van der Waals surface area contributed by atoms with Crippen molar-refractivity contribution in [3.8, 4) is 0 Å². The lowest BCUT2D eigenvalue weighted by molar-refractivity contribution is 0.918. The summed E-state index contributed by atoms with van der Waals surface area (Å²) >= 11 is 0. The Bertz CT molecular complexity index is 316. The zero-order chi connectivity index (χ0) is 9.42. The summed E-state index contributed by atoms with van der Waals surface area (Å²) in [6.07, 6.45) is 2.62. The number of hydrogen-bond donors (Lipinski definition) is 1. The van der Waals surface area contributed by atoms with Gasteiger partial charge in [-0.25, -0.2) is 0 Å². The minimum atomic E-state index is 0.727. The van der Waals surface area contributed by atoms with E-state index in [1.54, 1.807) is 0 Å². The molecular formula is C11H16N2. The second-order valence-corrected chi connectivity index (χ2v) is 3.90. The van der Waals surface area contributed by atoms with Crippen LogP contribution in [0.4, 0.5) is 11.4 Å². The maximum absolute atomic E-state index is 5.95. The monoisotopic (exact) mass is 176 g/mol. The van der Waals surface area contributed by atoms with Crippen LogP contribution in [0.2, 0.25) is 0 Å². The van der Waals surface area contributed by atoms with Gasteiger partial charge in [-0.3, -0.25) is 0 Å². The lowest BCUT2D eigenvalue weighted by Gasteiger charge is -2.20. The van der Waals surface area contributed by atoms with Crippen LogP contribution in [0.5, 0.6) is 0 Å². The summed E-state index contributed by atoms with van der Waals surface area (Å²) in [6, 6.07) is 6.99.